The van der Waals surface area contributed by atoms with Gasteiger partial charge in [-0.1, -0.05) is 23.2 Å². The van der Waals surface area contributed by atoms with Gasteiger partial charge in [-0.2, -0.15) is 0 Å². The maximum absolute atomic E-state index is 11.6. The normalized spacial score (nSPS) is 15.2. The molecule has 0 radical (unpaired) electrons. The van der Waals surface area contributed by atoms with Gasteiger partial charge in [-0.15, -0.1) is 0 Å². The predicted molar refractivity (Wildman–Crippen MR) is 114 cm³/mol. The lowest BCUT2D eigenvalue weighted by Crippen LogP contribution is -2.11. The molecule has 2 heterocycles. The van der Waals surface area contributed by atoms with Gasteiger partial charge in [0.2, 0.25) is 0 Å². The summed E-state index contributed by atoms with van der Waals surface area (Å²) in [6.45, 7) is 2.12. The highest BCUT2D eigenvalue weighted by molar-refractivity contribution is 6.30. The van der Waals surface area contributed by atoms with E-state index in [1.165, 1.54) is 19.0 Å². The van der Waals surface area contributed by atoms with Crippen molar-refractivity contribution in [1.29, 1.82) is 0 Å². The standard InChI is InChI=1S/C11H13ClN2O2.C9H11ClN2O/c1-2-16-11(15)8-6-13-10(12)5-9(8)14-7-3-4-7;10-9-3-8(12-7-1-2-7)6(5-13)4-11-9/h5-7H,2-4H2,1H3,(H,13,14);3-4,7,13H,1-2,5H2,(H,11,12). The van der Waals surface area contributed by atoms with Gasteiger partial charge in [0.25, 0.3) is 0 Å². The summed E-state index contributed by atoms with van der Waals surface area (Å²) in [5, 5.41) is 16.4. The van der Waals surface area contributed by atoms with Crippen LogP contribution in [0, 0.1) is 0 Å². The molecule has 0 spiro atoms. The molecule has 0 aromatic carbocycles. The van der Waals surface area contributed by atoms with Gasteiger partial charge in [-0.25, -0.2) is 14.8 Å². The molecule has 4 rings (SSSR count). The molecular weight excluding hydrogens is 415 g/mol. The van der Waals surface area contributed by atoms with Crippen LogP contribution in [0.4, 0.5) is 11.4 Å². The second-order valence-electron chi connectivity index (χ2n) is 6.93. The second kappa shape index (κ2) is 10.1. The van der Waals surface area contributed by atoms with Crippen molar-refractivity contribution in [2.75, 3.05) is 17.2 Å². The molecule has 0 unspecified atom stereocenters. The number of nitrogens with zero attached hydrogens (tertiary/aromatic N) is 2. The highest BCUT2D eigenvalue weighted by Crippen LogP contribution is 2.29. The Morgan fingerprint density at radius 3 is 2.17 bits per heavy atom. The summed E-state index contributed by atoms with van der Waals surface area (Å²) in [6, 6.07) is 4.42. The van der Waals surface area contributed by atoms with Gasteiger partial charge < -0.3 is 20.5 Å². The van der Waals surface area contributed by atoms with Crippen LogP contribution in [-0.2, 0) is 11.3 Å². The molecule has 2 aromatic rings. The molecule has 0 saturated heterocycles. The van der Waals surface area contributed by atoms with Crippen molar-refractivity contribution in [2.45, 2.75) is 51.3 Å². The van der Waals surface area contributed by atoms with E-state index in [4.69, 9.17) is 33.0 Å². The Labute approximate surface area is 179 Å². The number of hydrogen-bond acceptors (Lipinski definition) is 7. The number of carbonyl (C=O) groups is 1. The first-order valence-electron chi connectivity index (χ1n) is 9.61. The fourth-order valence-corrected chi connectivity index (χ4v) is 2.85. The second-order valence-corrected chi connectivity index (χ2v) is 7.71. The number of hydrogen-bond donors (Lipinski definition) is 3. The summed E-state index contributed by atoms with van der Waals surface area (Å²) in [5.41, 5.74) is 2.86. The number of ether oxygens (including phenoxy) is 1. The summed E-state index contributed by atoms with van der Waals surface area (Å²) in [5.74, 6) is -0.366. The third kappa shape index (κ3) is 6.73. The first kappa shape index (κ1) is 21.6. The van der Waals surface area contributed by atoms with Gasteiger partial charge in [-0.05, 0) is 44.7 Å². The van der Waals surface area contributed by atoms with Gasteiger partial charge in [0.1, 0.15) is 15.9 Å². The van der Waals surface area contributed by atoms with E-state index >= 15 is 0 Å². The minimum absolute atomic E-state index is 0.000772. The van der Waals surface area contributed by atoms with E-state index in [1.807, 2.05) is 0 Å². The van der Waals surface area contributed by atoms with Crippen LogP contribution >= 0.6 is 23.2 Å². The van der Waals surface area contributed by atoms with Crippen LogP contribution < -0.4 is 10.6 Å². The Bertz CT molecular complexity index is 858. The maximum atomic E-state index is 11.6. The average Bonchev–Trinajstić information content (AvgIpc) is 3.60. The lowest BCUT2D eigenvalue weighted by Gasteiger charge is -2.10. The van der Waals surface area contributed by atoms with Gasteiger partial charge in [0.05, 0.1) is 18.9 Å². The van der Waals surface area contributed by atoms with E-state index in [2.05, 4.69) is 20.6 Å². The van der Waals surface area contributed by atoms with Crippen LogP contribution in [0.25, 0.3) is 0 Å². The Kier molecular flexibility index (Phi) is 7.52. The molecule has 2 fully saturated rings. The molecule has 2 aromatic heterocycles. The quantitative estimate of drug-likeness (QED) is 0.438. The number of aromatic nitrogens is 2. The molecule has 2 saturated carbocycles. The summed E-state index contributed by atoms with van der Waals surface area (Å²) in [4.78, 5) is 19.4. The number of carbonyl (C=O) groups excluding carboxylic acids is 1. The third-order valence-corrected chi connectivity index (χ3v) is 4.78. The molecule has 0 amide bonds. The van der Waals surface area contributed by atoms with Crippen molar-refractivity contribution < 1.29 is 14.6 Å². The fourth-order valence-electron chi connectivity index (χ4n) is 2.53. The number of halogens is 2. The number of esters is 1. The Morgan fingerprint density at radius 1 is 1.07 bits per heavy atom. The SMILES string of the molecule is CCOC(=O)c1cnc(Cl)cc1NC1CC1.OCc1cnc(Cl)cc1NC1CC1. The minimum atomic E-state index is -0.366. The van der Waals surface area contributed by atoms with Gasteiger partial charge in [0.15, 0.2) is 0 Å². The summed E-state index contributed by atoms with van der Waals surface area (Å²) >= 11 is 11.5. The predicted octanol–water partition coefficient (Wildman–Crippen LogP) is 4.29. The largest absolute Gasteiger partial charge is 0.462 e. The van der Waals surface area contributed by atoms with E-state index < -0.39 is 0 Å². The number of aliphatic hydroxyl groups excluding tert-OH is 1. The lowest BCUT2D eigenvalue weighted by molar-refractivity contribution is 0.0527. The van der Waals surface area contributed by atoms with E-state index in [0.717, 1.165) is 24.1 Å². The topological polar surface area (TPSA) is 96.4 Å². The molecular formula is C20H24Cl2N4O3. The fraction of sp³-hybridized carbons (Fsp3) is 0.450. The number of pyridine rings is 2. The zero-order valence-corrected chi connectivity index (χ0v) is 17.6. The molecule has 156 valence electrons. The molecule has 2 aliphatic rings. The van der Waals surface area contributed by atoms with Crippen LogP contribution in [0.5, 0.6) is 0 Å². The van der Waals surface area contributed by atoms with Crippen LogP contribution in [-0.4, -0.2) is 39.7 Å². The van der Waals surface area contributed by atoms with Crippen LogP contribution in [0.2, 0.25) is 10.3 Å². The Morgan fingerprint density at radius 2 is 1.62 bits per heavy atom. The average molecular weight is 439 g/mol. The summed E-state index contributed by atoms with van der Waals surface area (Å²) in [7, 11) is 0. The van der Waals surface area contributed by atoms with Gasteiger partial charge >= 0.3 is 5.97 Å². The van der Waals surface area contributed by atoms with Crippen molar-refractivity contribution >= 4 is 40.5 Å². The molecule has 3 N–H and O–H groups in total. The molecule has 29 heavy (non-hydrogen) atoms. The first-order valence-corrected chi connectivity index (χ1v) is 10.4. The smallest absolute Gasteiger partial charge is 0.341 e. The highest BCUT2D eigenvalue weighted by Gasteiger charge is 2.24. The molecule has 2 aliphatic carbocycles. The highest BCUT2D eigenvalue weighted by atomic mass is 35.5. The van der Waals surface area contributed by atoms with Crippen LogP contribution in [0.15, 0.2) is 24.5 Å². The summed E-state index contributed by atoms with van der Waals surface area (Å²) in [6.07, 6.45) is 7.71. The van der Waals surface area contributed by atoms with E-state index in [9.17, 15) is 4.79 Å². The molecule has 9 heteroatoms. The summed E-state index contributed by atoms with van der Waals surface area (Å²) < 4.78 is 4.95. The first-order chi connectivity index (χ1) is 14.0. The molecule has 0 atom stereocenters. The van der Waals surface area contributed by atoms with Crippen LogP contribution in [0.3, 0.4) is 0 Å². The van der Waals surface area contributed by atoms with E-state index in [1.54, 1.807) is 25.3 Å². The zero-order chi connectivity index (χ0) is 20.8. The van der Waals surface area contributed by atoms with Crippen molar-refractivity contribution in [3.63, 3.8) is 0 Å². The number of anilines is 2. The zero-order valence-electron chi connectivity index (χ0n) is 16.1. The lowest BCUT2D eigenvalue weighted by atomic mass is 10.2. The van der Waals surface area contributed by atoms with Gasteiger partial charge in [-0.3, -0.25) is 0 Å². The monoisotopic (exact) mass is 438 g/mol. The van der Waals surface area contributed by atoms with Gasteiger partial charge in [0, 0.05) is 35.7 Å². The van der Waals surface area contributed by atoms with Crippen molar-refractivity contribution in [3.8, 4) is 0 Å². The van der Waals surface area contributed by atoms with Crippen molar-refractivity contribution in [1.82, 2.24) is 9.97 Å². The number of rotatable bonds is 7. The molecule has 7 nitrogen and oxygen atoms in total. The van der Waals surface area contributed by atoms with Crippen molar-refractivity contribution in [3.05, 3.63) is 46.0 Å². The number of nitrogens with one attached hydrogen (secondary N) is 2. The molecule has 0 aliphatic heterocycles. The number of aliphatic hydroxyl groups is 1. The van der Waals surface area contributed by atoms with Crippen molar-refractivity contribution in [2.24, 2.45) is 0 Å². The van der Waals surface area contributed by atoms with Crippen LogP contribution in [0.1, 0.15) is 48.5 Å². The molecule has 0 bridgehead atoms. The Hall–Kier alpha value is -2.09. The minimum Gasteiger partial charge on any atom is -0.462 e. The van der Waals surface area contributed by atoms with E-state index in [0.29, 0.717) is 40.2 Å². The Balaban J connectivity index is 0.000000169. The maximum Gasteiger partial charge on any atom is 0.341 e. The third-order valence-electron chi connectivity index (χ3n) is 4.36. The van der Waals surface area contributed by atoms with E-state index in [-0.39, 0.29) is 12.6 Å².